The summed E-state index contributed by atoms with van der Waals surface area (Å²) in [7, 11) is 1.42. The minimum atomic E-state index is -1.72. The molecule has 0 fully saturated rings. The van der Waals surface area contributed by atoms with Crippen molar-refractivity contribution in [3.05, 3.63) is 68.4 Å². The van der Waals surface area contributed by atoms with Gasteiger partial charge in [-0.05, 0) is 59.7 Å². The quantitative estimate of drug-likeness (QED) is 0.192. The van der Waals surface area contributed by atoms with E-state index in [0.29, 0.717) is 21.9 Å². The normalized spacial score (nSPS) is 12.7. The first-order valence-electron chi connectivity index (χ1n) is 13.4. The Hall–Kier alpha value is -4.35. The van der Waals surface area contributed by atoms with Crippen molar-refractivity contribution in [2.75, 3.05) is 13.7 Å². The molecule has 0 unspecified atom stereocenters. The number of esters is 1. The summed E-state index contributed by atoms with van der Waals surface area (Å²) in [6.07, 6.45) is 2.02. The van der Waals surface area contributed by atoms with Crippen molar-refractivity contribution in [2.45, 2.75) is 71.8 Å². The molecule has 0 spiro atoms. The molecule has 0 aliphatic rings. The van der Waals surface area contributed by atoms with Gasteiger partial charge in [-0.25, -0.2) is 18.5 Å². The van der Waals surface area contributed by atoms with Crippen molar-refractivity contribution in [3.63, 3.8) is 0 Å². The molecule has 12 nitrogen and oxygen atoms in total. The second-order valence-electron chi connectivity index (χ2n) is 11.3. The number of aromatic nitrogens is 5. The number of hydrogen-bond donors (Lipinski definition) is 0. The Morgan fingerprint density at radius 2 is 1.84 bits per heavy atom. The van der Waals surface area contributed by atoms with E-state index in [2.05, 4.69) is 10.2 Å². The van der Waals surface area contributed by atoms with Gasteiger partial charge in [-0.15, -0.1) is 4.80 Å². The van der Waals surface area contributed by atoms with Gasteiger partial charge in [0.2, 0.25) is 0 Å². The average molecular weight is 613 g/mol. The molecule has 0 bridgehead atoms. The van der Waals surface area contributed by atoms with Crippen LogP contribution in [-0.2, 0) is 26.4 Å². The Kier molecular flexibility index (Phi) is 8.89. The van der Waals surface area contributed by atoms with E-state index in [1.807, 2.05) is 6.07 Å². The van der Waals surface area contributed by atoms with Gasteiger partial charge in [0.1, 0.15) is 38.6 Å². The number of benzene rings is 1. The topological polar surface area (TPSA) is 143 Å². The highest BCUT2D eigenvalue weighted by Crippen LogP contribution is 2.34. The Labute approximate surface area is 250 Å². The van der Waals surface area contributed by atoms with Gasteiger partial charge >= 0.3 is 11.7 Å². The second-order valence-corrected chi connectivity index (χ2v) is 12.3. The number of nitrogens with zero attached hydrogens (tertiary/aromatic N) is 6. The third-order valence-electron chi connectivity index (χ3n) is 6.67. The van der Waals surface area contributed by atoms with Crippen molar-refractivity contribution in [3.8, 4) is 16.8 Å². The number of rotatable bonds is 10. The Morgan fingerprint density at radius 1 is 1.16 bits per heavy atom. The summed E-state index contributed by atoms with van der Waals surface area (Å²) >= 11 is 1.11. The molecule has 0 amide bonds. The van der Waals surface area contributed by atoms with Gasteiger partial charge in [0.15, 0.2) is 0 Å². The van der Waals surface area contributed by atoms with Crippen LogP contribution in [0.3, 0.4) is 0 Å². The maximum atomic E-state index is 14.5. The molecule has 0 N–H and O–H groups in total. The van der Waals surface area contributed by atoms with Crippen molar-refractivity contribution in [2.24, 2.45) is 0 Å². The first kappa shape index (κ1) is 31.6. The minimum absolute atomic E-state index is 0.0201. The van der Waals surface area contributed by atoms with Crippen LogP contribution in [-0.4, -0.2) is 49.4 Å². The number of fused-ring (bicyclic) bond motifs is 1. The number of hydrogen-bond acceptors (Lipinski definition) is 10. The molecule has 0 aliphatic heterocycles. The molecule has 14 heteroatoms. The number of halogens is 1. The lowest BCUT2D eigenvalue weighted by Crippen LogP contribution is -2.54. The third-order valence-corrected chi connectivity index (χ3v) is 7.95. The second kappa shape index (κ2) is 12.1. The van der Waals surface area contributed by atoms with Crippen LogP contribution in [0.4, 0.5) is 4.39 Å². The summed E-state index contributed by atoms with van der Waals surface area (Å²) in [6, 6.07) is 5.90. The third kappa shape index (κ3) is 6.23. The molecular formula is C29H33FN6O6S. The van der Waals surface area contributed by atoms with Crippen LogP contribution in [0.15, 0.2) is 40.2 Å². The van der Waals surface area contributed by atoms with Gasteiger partial charge in [0.25, 0.3) is 5.56 Å². The molecule has 0 aliphatic carbocycles. The molecule has 3 heterocycles. The van der Waals surface area contributed by atoms with Crippen LogP contribution in [0.2, 0.25) is 0 Å². The molecule has 4 rings (SSSR count). The van der Waals surface area contributed by atoms with Crippen LogP contribution < -0.4 is 16.0 Å². The Balaban J connectivity index is 2.03. The van der Waals surface area contributed by atoms with Gasteiger partial charge in [-0.3, -0.25) is 9.36 Å². The van der Waals surface area contributed by atoms with E-state index in [9.17, 15) is 18.8 Å². The number of nitriles is 1. The summed E-state index contributed by atoms with van der Waals surface area (Å²) in [6.45, 7) is 9.41. The fraction of sp³-hybridized carbons (Fsp3) is 0.448. The number of aryl methyl sites for hydroxylation is 1. The van der Waals surface area contributed by atoms with Gasteiger partial charge in [0, 0.05) is 11.1 Å². The fourth-order valence-corrected chi connectivity index (χ4v) is 5.82. The molecule has 0 saturated heterocycles. The van der Waals surface area contributed by atoms with Crippen LogP contribution in [0.25, 0.3) is 15.2 Å². The fourth-order valence-electron chi connectivity index (χ4n) is 4.60. The molecule has 1 aromatic carbocycles. The number of methoxy groups -OCH3 is 1. The monoisotopic (exact) mass is 612 g/mol. The van der Waals surface area contributed by atoms with E-state index in [-0.39, 0.29) is 29.8 Å². The van der Waals surface area contributed by atoms with E-state index >= 15 is 0 Å². The lowest BCUT2D eigenvalue weighted by Gasteiger charge is -2.30. The zero-order chi connectivity index (χ0) is 31.7. The number of carbonyl (C=O) groups excluding carboxylic acids is 1. The van der Waals surface area contributed by atoms with E-state index in [0.717, 1.165) is 15.9 Å². The molecule has 3 aromatic heterocycles. The zero-order valence-electron chi connectivity index (χ0n) is 25.0. The Bertz CT molecular complexity index is 1810. The molecule has 0 radical (unpaired) electrons. The molecule has 43 heavy (non-hydrogen) atoms. The predicted molar refractivity (Wildman–Crippen MR) is 157 cm³/mol. The molecule has 1 atom stereocenters. The number of carbonyl (C=O) groups is 1. The van der Waals surface area contributed by atoms with Crippen LogP contribution in [0.5, 0.6) is 5.75 Å². The molecule has 4 aromatic rings. The van der Waals surface area contributed by atoms with E-state index in [1.54, 1.807) is 27.7 Å². The maximum Gasteiger partial charge on any atom is 0.333 e. The van der Waals surface area contributed by atoms with Crippen molar-refractivity contribution >= 4 is 27.5 Å². The highest BCUT2D eigenvalue weighted by molar-refractivity contribution is 7.21. The van der Waals surface area contributed by atoms with Gasteiger partial charge in [0.05, 0.1) is 50.5 Å². The Morgan fingerprint density at radius 3 is 2.44 bits per heavy atom. The number of thiophene rings is 1. The zero-order valence-corrected chi connectivity index (χ0v) is 25.8. The minimum Gasteiger partial charge on any atom is -0.496 e. The van der Waals surface area contributed by atoms with Gasteiger partial charge in [-0.2, -0.15) is 15.5 Å². The largest absolute Gasteiger partial charge is 0.496 e. The van der Waals surface area contributed by atoms with Crippen molar-refractivity contribution < 1.29 is 23.4 Å². The highest BCUT2D eigenvalue weighted by Gasteiger charge is 2.39. The summed E-state index contributed by atoms with van der Waals surface area (Å²) in [4.78, 5) is 43.4. The molecular weight excluding hydrogens is 579 g/mol. The van der Waals surface area contributed by atoms with Crippen LogP contribution in [0, 0.1) is 24.1 Å². The predicted octanol–water partition coefficient (Wildman–Crippen LogP) is 4.01. The molecule has 0 saturated carbocycles. The van der Waals surface area contributed by atoms with E-state index in [4.69, 9.17) is 19.5 Å². The lowest BCUT2D eigenvalue weighted by atomic mass is 10.0. The lowest BCUT2D eigenvalue weighted by molar-refractivity contribution is -0.164. The first-order valence-corrected chi connectivity index (χ1v) is 14.2. The standard InChI is InChI=1S/C29H33FN6O6S/c1-17-22-23(37)35(29(5,6)26(38)42-28(2,3)4)27(39)34(25(22)43-24(17)36-32-12-13-33-36)16-21(41-14-8-11-31)19-15-18(30)9-10-20(19)40-7/h9-10,12-13,15,21H,8,14,16H2,1-7H3/t21-/m0/s1. The van der Waals surface area contributed by atoms with Crippen LogP contribution >= 0.6 is 11.3 Å². The summed E-state index contributed by atoms with van der Waals surface area (Å²) in [5.41, 5.74) is -3.31. The van der Waals surface area contributed by atoms with Crippen molar-refractivity contribution in [1.82, 2.24) is 24.1 Å². The summed E-state index contributed by atoms with van der Waals surface area (Å²) < 4.78 is 33.7. The molecule has 228 valence electrons. The maximum absolute atomic E-state index is 14.5. The van der Waals surface area contributed by atoms with E-state index < -0.39 is 40.3 Å². The van der Waals surface area contributed by atoms with Gasteiger partial charge in [-0.1, -0.05) is 11.3 Å². The SMILES string of the molecule is COc1ccc(F)cc1[C@H](Cn1c(=O)n(C(C)(C)C(=O)OC(C)(C)C)c(=O)c2c(C)c(-n3nccn3)sc21)OCCC#N. The first-order chi connectivity index (χ1) is 20.2. The highest BCUT2D eigenvalue weighted by atomic mass is 32.1. The van der Waals surface area contributed by atoms with Gasteiger partial charge < -0.3 is 14.2 Å². The average Bonchev–Trinajstić information content (AvgIpc) is 3.57. The summed E-state index contributed by atoms with van der Waals surface area (Å²) in [5.74, 6) is -1.03. The summed E-state index contributed by atoms with van der Waals surface area (Å²) in [5, 5.41) is 18.2. The smallest absolute Gasteiger partial charge is 0.333 e. The number of ether oxygens (including phenoxy) is 3. The van der Waals surface area contributed by atoms with E-state index in [1.165, 1.54) is 60.9 Å². The van der Waals surface area contributed by atoms with Crippen LogP contribution in [0.1, 0.15) is 58.3 Å². The van der Waals surface area contributed by atoms with Crippen molar-refractivity contribution in [1.29, 1.82) is 5.26 Å².